The van der Waals surface area contributed by atoms with Gasteiger partial charge in [0.05, 0.1) is 11.9 Å². The third-order valence-electron chi connectivity index (χ3n) is 4.32. The molecule has 3 rings (SSSR count). The first-order valence-electron chi connectivity index (χ1n) is 9.61. The Morgan fingerprint density at radius 1 is 0.906 bits per heavy atom. The molecule has 4 atom stereocenters. The number of carbonyl (C=O) groups excluding carboxylic acids is 3. The average Bonchev–Trinajstić information content (AvgIpc) is 2.72. The van der Waals surface area contributed by atoms with Crippen LogP contribution in [0.5, 0.6) is 5.75 Å². The zero-order chi connectivity index (χ0) is 23.3. The van der Waals surface area contributed by atoms with Gasteiger partial charge < -0.3 is 18.9 Å². The Kier molecular flexibility index (Phi) is 7.92. The minimum absolute atomic E-state index is 0.280. The molecule has 11 heteroatoms. The maximum absolute atomic E-state index is 11.7. The lowest BCUT2D eigenvalue weighted by Crippen LogP contribution is -2.55. The number of pyridine rings is 2. The smallest absolute Gasteiger partial charge is 0.303 e. The van der Waals surface area contributed by atoms with Crippen LogP contribution in [0.1, 0.15) is 20.8 Å². The predicted octanol–water partition coefficient (Wildman–Crippen LogP) is 3.04. The van der Waals surface area contributed by atoms with Crippen molar-refractivity contribution in [3.63, 3.8) is 0 Å². The Hall–Kier alpha value is -2.85. The summed E-state index contributed by atoms with van der Waals surface area (Å²) in [6.07, 6.45) is 0.327. The highest BCUT2D eigenvalue weighted by Crippen LogP contribution is 2.34. The minimum atomic E-state index is -1.01. The lowest BCUT2D eigenvalue weighted by atomic mass is 10.1. The van der Waals surface area contributed by atoms with Crippen molar-refractivity contribution in [1.29, 1.82) is 0 Å². The lowest BCUT2D eigenvalue weighted by Gasteiger charge is -2.39. The van der Waals surface area contributed by atoms with Crippen LogP contribution in [0.15, 0.2) is 36.7 Å². The van der Waals surface area contributed by atoms with E-state index in [0.717, 1.165) is 5.56 Å². The number of nitrogens with zero attached hydrogens (tertiary/aromatic N) is 2. The van der Waals surface area contributed by atoms with E-state index in [9.17, 15) is 14.4 Å². The summed E-state index contributed by atoms with van der Waals surface area (Å²) in [6, 6.07) is 6.92. The maximum Gasteiger partial charge on any atom is 0.303 e. The molecule has 0 spiro atoms. The summed E-state index contributed by atoms with van der Waals surface area (Å²) < 4.78 is 22.0. The van der Waals surface area contributed by atoms with E-state index in [1.54, 1.807) is 30.5 Å². The number of hydrogen-bond donors (Lipinski definition) is 0. The van der Waals surface area contributed by atoms with E-state index in [2.05, 4.69) is 9.97 Å². The van der Waals surface area contributed by atoms with Crippen molar-refractivity contribution in [2.45, 2.75) is 44.5 Å². The van der Waals surface area contributed by atoms with E-state index in [0.29, 0.717) is 16.6 Å². The Labute approximate surface area is 193 Å². The summed E-state index contributed by atoms with van der Waals surface area (Å²) >= 11 is 7.09. The zero-order valence-corrected chi connectivity index (χ0v) is 19.1. The van der Waals surface area contributed by atoms with Gasteiger partial charge in [-0.25, -0.2) is 4.98 Å². The summed E-state index contributed by atoms with van der Waals surface area (Å²) in [5.74, 6) is -1.03. The molecule has 32 heavy (non-hydrogen) atoms. The van der Waals surface area contributed by atoms with Gasteiger partial charge in [0.1, 0.15) is 10.9 Å². The molecule has 1 aliphatic rings. The van der Waals surface area contributed by atoms with Crippen molar-refractivity contribution in [2.24, 2.45) is 0 Å². The first kappa shape index (κ1) is 23.8. The summed E-state index contributed by atoms with van der Waals surface area (Å²) in [5, 5.41) is 0.383. The van der Waals surface area contributed by atoms with Gasteiger partial charge in [-0.3, -0.25) is 19.4 Å². The fourth-order valence-corrected chi connectivity index (χ4v) is 4.42. The molecule has 2 aromatic rings. The zero-order valence-electron chi connectivity index (χ0n) is 17.5. The Morgan fingerprint density at radius 2 is 1.59 bits per heavy atom. The van der Waals surface area contributed by atoms with E-state index in [-0.39, 0.29) is 5.75 Å². The Morgan fingerprint density at radius 3 is 2.16 bits per heavy atom. The van der Waals surface area contributed by atoms with Crippen LogP contribution in [-0.2, 0) is 28.6 Å². The van der Waals surface area contributed by atoms with Crippen LogP contribution in [0.2, 0.25) is 5.15 Å². The Bertz CT molecular complexity index is 971. The highest BCUT2D eigenvalue weighted by atomic mass is 35.5. The minimum Gasteiger partial charge on any atom is -0.474 e. The fourth-order valence-electron chi connectivity index (χ4n) is 3.09. The van der Waals surface area contributed by atoms with Crippen molar-refractivity contribution >= 4 is 41.3 Å². The molecule has 0 saturated carbocycles. The van der Waals surface area contributed by atoms with E-state index in [1.165, 1.54) is 38.7 Å². The molecule has 0 aliphatic carbocycles. The molecule has 1 aliphatic heterocycles. The third-order valence-corrected chi connectivity index (χ3v) is 5.75. The van der Waals surface area contributed by atoms with Gasteiger partial charge in [0.2, 0.25) is 0 Å². The van der Waals surface area contributed by atoms with E-state index in [1.807, 2.05) is 0 Å². The standard InChI is InChI=1S/C21H21ClN2O7S/c1-11(25)28-17-10-32-21(20(30-13(3)27)19(17)29-12(2)26)31-15-5-6-16(23-9-15)14-4-7-18(22)24-8-14/h4-9,17,19-21H,10H2,1-3H3/t17-,19+,20-,21-/m1/s1. The number of rotatable bonds is 6. The molecule has 0 bridgehead atoms. The molecule has 0 unspecified atom stereocenters. The normalized spacial score (nSPS) is 22.5. The summed E-state index contributed by atoms with van der Waals surface area (Å²) in [4.78, 5) is 43.3. The second kappa shape index (κ2) is 10.6. The predicted molar refractivity (Wildman–Crippen MR) is 116 cm³/mol. The van der Waals surface area contributed by atoms with Crippen molar-refractivity contribution in [2.75, 3.05) is 5.75 Å². The molecule has 0 N–H and O–H groups in total. The van der Waals surface area contributed by atoms with Gasteiger partial charge in [0.25, 0.3) is 0 Å². The highest BCUT2D eigenvalue weighted by molar-refractivity contribution is 7.99. The largest absolute Gasteiger partial charge is 0.474 e. The molecule has 1 fully saturated rings. The molecule has 0 aromatic carbocycles. The number of esters is 3. The SMILES string of the molecule is CC(=O)O[C@@H]1[C@@H](OC(C)=O)[C@H](OC(C)=O)CS[C@H]1Oc1ccc(-c2ccc(Cl)nc2)nc1. The second-order valence-electron chi connectivity index (χ2n) is 6.86. The average molecular weight is 481 g/mol. The van der Waals surface area contributed by atoms with Crippen molar-refractivity contribution in [3.8, 4) is 17.0 Å². The van der Waals surface area contributed by atoms with Crippen LogP contribution in [0.4, 0.5) is 0 Å². The third kappa shape index (κ3) is 6.33. The molecule has 0 amide bonds. The topological polar surface area (TPSA) is 114 Å². The number of aromatic nitrogens is 2. The first-order valence-corrected chi connectivity index (χ1v) is 11.0. The summed E-state index contributed by atoms with van der Waals surface area (Å²) in [7, 11) is 0. The molecule has 9 nitrogen and oxygen atoms in total. The van der Waals surface area contributed by atoms with Gasteiger partial charge >= 0.3 is 17.9 Å². The number of thioether (sulfide) groups is 1. The first-order chi connectivity index (χ1) is 15.2. The fraction of sp³-hybridized carbons (Fsp3) is 0.381. The molecular weight excluding hydrogens is 460 g/mol. The van der Waals surface area contributed by atoms with Crippen LogP contribution in [0, 0.1) is 0 Å². The van der Waals surface area contributed by atoms with Crippen LogP contribution in [0.3, 0.4) is 0 Å². The maximum atomic E-state index is 11.7. The van der Waals surface area contributed by atoms with Gasteiger partial charge in [-0.2, -0.15) is 0 Å². The Balaban J connectivity index is 1.80. The monoisotopic (exact) mass is 480 g/mol. The van der Waals surface area contributed by atoms with Crippen molar-refractivity contribution in [1.82, 2.24) is 9.97 Å². The number of carbonyl (C=O) groups is 3. The van der Waals surface area contributed by atoms with Gasteiger partial charge in [0.15, 0.2) is 23.7 Å². The molecule has 3 heterocycles. The molecule has 1 saturated heterocycles. The second-order valence-corrected chi connectivity index (χ2v) is 8.38. The molecule has 170 valence electrons. The van der Waals surface area contributed by atoms with Crippen molar-refractivity contribution in [3.05, 3.63) is 41.8 Å². The van der Waals surface area contributed by atoms with E-state index >= 15 is 0 Å². The number of halogens is 1. The molecule has 0 radical (unpaired) electrons. The lowest BCUT2D eigenvalue weighted by molar-refractivity contribution is -0.186. The van der Waals surface area contributed by atoms with Crippen LogP contribution in [-0.4, -0.2) is 57.4 Å². The molecular formula is C21H21ClN2O7S. The number of ether oxygens (including phenoxy) is 4. The summed E-state index contributed by atoms with van der Waals surface area (Å²) in [5.41, 5.74) is 0.729. The van der Waals surface area contributed by atoms with Gasteiger partial charge in [-0.15, -0.1) is 11.8 Å². The number of hydrogen-bond acceptors (Lipinski definition) is 10. The van der Waals surface area contributed by atoms with E-state index in [4.69, 9.17) is 30.5 Å². The van der Waals surface area contributed by atoms with Gasteiger partial charge in [0, 0.05) is 38.3 Å². The van der Waals surface area contributed by atoms with Crippen LogP contribution in [0.25, 0.3) is 11.3 Å². The van der Waals surface area contributed by atoms with E-state index < -0.39 is 41.7 Å². The van der Waals surface area contributed by atoms with Gasteiger partial charge in [-0.1, -0.05) is 11.6 Å². The molecule has 2 aromatic heterocycles. The quantitative estimate of drug-likeness (QED) is 0.347. The van der Waals surface area contributed by atoms with Gasteiger partial charge in [-0.05, 0) is 24.3 Å². The summed E-state index contributed by atoms with van der Waals surface area (Å²) in [6.45, 7) is 3.71. The van der Waals surface area contributed by atoms with Crippen LogP contribution >= 0.6 is 23.4 Å². The van der Waals surface area contributed by atoms with Crippen molar-refractivity contribution < 1.29 is 33.3 Å². The highest BCUT2D eigenvalue weighted by Gasteiger charge is 2.47. The van der Waals surface area contributed by atoms with Crippen LogP contribution < -0.4 is 4.74 Å².